The quantitative estimate of drug-likeness (QED) is 0.747. The minimum atomic E-state index is 0.437. The molecule has 1 N–H and O–H groups in total. The number of ether oxygens (including phenoxy) is 1. The van der Waals surface area contributed by atoms with E-state index in [1.165, 1.54) is 0 Å². The number of fused-ring (bicyclic) bond motifs is 1. The monoisotopic (exact) mass is 197 g/mol. The van der Waals surface area contributed by atoms with E-state index in [-0.39, 0.29) is 0 Å². The van der Waals surface area contributed by atoms with E-state index in [1.54, 1.807) is 13.3 Å². The van der Waals surface area contributed by atoms with Crippen molar-refractivity contribution in [2.75, 3.05) is 7.11 Å². The second-order valence-corrected chi connectivity index (χ2v) is 2.99. The van der Waals surface area contributed by atoms with Gasteiger partial charge in [-0.15, -0.1) is 0 Å². The third-order valence-corrected chi connectivity index (χ3v) is 2.09. The van der Waals surface area contributed by atoms with E-state index in [1.807, 2.05) is 6.07 Å². The SMILES string of the molecule is COCc1n[nH]c2c(Cl)nccc12. The number of halogens is 1. The Bertz CT molecular complexity index is 426. The molecule has 0 bridgehead atoms. The van der Waals surface area contributed by atoms with Crippen LogP contribution >= 0.6 is 11.6 Å². The maximum Gasteiger partial charge on any atom is 0.154 e. The van der Waals surface area contributed by atoms with Crippen LogP contribution in [-0.4, -0.2) is 22.3 Å². The minimum Gasteiger partial charge on any atom is -0.378 e. The van der Waals surface area contributed by atoms with Gasteiger partial charge < -0.3 is 4.74 Å². The number of nitrogens with zero attached hydrogens (tertiary/aromatic N) is 2. The molecule has 13 heavy (non-hydrogen) atoms. The Morgan fingerprint density at radius 1 is 1.62 bits per heavy atom. The van der Waals surface area contributed by atoms with E-state index in [4.69, 9.17) is 16.3 Å². The zero-order valence-corrected chi connectivity index (χ0v) is 7.80. The molecule has 4 nitrogen and oxygen atoms in total. The van der Waals surface area contributed by atoms with Crippen molar-refractivity contribution in [2.24, 2.45) is 0 Å². The average molecular weight is 198 g/mol. The van der Waals surface area contributed by atoms with Crippen LogP contribution in [-0.2, 0) is 11.3 Å². The highest BCUT2D eigenvalue weighted by Gasteiger charge is 2.07. The van der Waals surface area contributed by atoms with Gasteiger partial charge in [0.15, 0.2) is 5.15 Å². The number of hydrogen-bond donors (Lipinski definition) is 1. The van der Waals surface area contributed by atoms with E-state index < -0.39 is 0 Å². The molecule has 2 aromatic rings. The Labute approximate surface area is 79.9 Å². The van der Waals surface area contributed by atoms with Gasteiger partial charge in [-0.25, -0.2) is 4.98 Å². The number of hydrogen-bond acceptors (Lipinski definition) is 3. The topological polar surface area (TPSA) is 50.8 Å². The Kier molecular flexibility index (Phi) is 2.16. The maximum absolute atomic E-state index is 5.85. The van der Waals surface area contributed by atoms with Crippen molar-refractivity contribution < 1.29 is 4.74 Å². The summed E-state index contributed by atoms with van der Waals surface area (Å²) in [5.41, 5.74) is 1.61. The van der Waals surface area contributed by atoms with Gasteiger partial charge in [0, 0.05) is 18.7 Å². The average Bonchev–Trinajstić information content (AvgIpc) is 2.51. The number of methoxy groups -OCH3 is 1. The van der Waals surface area contributed by atoms with Crippen molar-refractivity contribution in [3.8, 4) is 0 Å². The van der Waals surface area contributed by atoms with Gasteiger partial charge in [-0.2, -0.15) is 5.10 Å². The molecule has 68 valence electrons. The Balaban J connectivity index is 2.61. The molecule has 0 aromatic carbocycles. The van der Waals surface area contributed by atoms with Crippen LogP contribution in [0, 0.1) is 0 Å². The Morgan fingerprint density at radius 3 is 3.23 bits per heavy atom. The molecular formula is C8H8ClN3O. The van der Waals surface area contributed by atoms with E-state index in [0.717, 1.165) is 16.6 Å². The molecule has 0 amide bonds. The zero-order chi connectivity index (χ0) is 9.26. The van der Waals surface area contributed by atoms with Crippen LogP contribution in [0.3, 0.4) is 0 Å². The van der Waals surface area contributed by atoms with E-state index >= 15 is 0 Å². The number of aromatic nitrogens is 3. The first-order valence-corrected chi connectivity index (χ1v) is 4.17. The van der Waals surface area contributed by atoms with Crippen molar-refractivity contribution >= 4 is 22.5 Å². The summed E-state index contributed by atoms with van der Waals surface area (Å²) in [6, 6.07) is 1.86. The molecule has 0 radical (unpaired) electrons. The minimum absolute atomic E-state index is 0.437. The van der Waals surface area contributed by atoms with Crippen molar-refractivity contribution in [1.82, 2.24) is 15.2 Å². The summed E-state index contributed by atoms with van der Waals surface area (Å²) in [7, 11) is 1.63. The van der Waals surface area contributed by atoms with Crippen molar-refractivity contribution in [2.45, 2.75) is 6.61 Å². The number of rotatable bonds is 2. The first-order chi connectivity index (χ1) is 6.33. The van der Waals surface area contributed by atoms with E-state index in [2.05, 4.69) is 15.2 Å². The van der Waals surface area contributed by atoms with Gasteiger partial charge >= 0.3 is 0 Å². The highest BCUT2D eigenvalue weighted by molar-refractivity contribution is 6.33. The molecule has 0 aliphatic carbocycles. The van der Waals surface area contributed by atoms with Gasteiger partial charge in [-0.05, 0) is 6.07 Å². The summed E-state index contributed by atoms with van der Waals surface area (Å²) in [6.07, 6.45) is 1.65. The largest absolute Gasteiger partial charge is 0.378 e. The highest BCUT2D eigenvalue weighted by Crippen LogP contribution is 2.21. The predicted molar refractivity (Wildman–Crippen MR) is 49.6 cm³/mol. The van der Waals surface area contributed by atoms with Crippen LogP contribution in [0.15, 0.2) is 12.3 Å². The van der Waals surface area contributed by atoms with Crippen LogP contribution in [0.5, 0.6) is 0 Å². The smallest absolute Gasteiger partial charge is 0.154 e. The summed E-state index contributed by atoms with van der Waals surface area (Å²) in [4.78, 5) is 3.93. The van der Waals surface area contributed by atoms with Crippen LogP contribution in [0.1, 0.15) is 5.69 Å². The molecule has 0 saturated heterocycles. The predicted octanol–water partition coefficient (Wildman–Crippen LogP) is 1.76. The summed E-state index contributed by atoms with van der Waals surface area (Å²) >= 11 is 5.85. The molecule has 2 heterocycles. The third-order valence-electron chi connectivity index (χ3n) is 1.80. The number of aromatic amines is 1. The Morgan fingerprint density at radius 2 is 2.46 bits per heavy atom. The number of H-pyrrole nitrogens is 1. The fraction of sp³-hybridized carbons (Fsp3) is 0.250. The fourth-order valence-electron chi connectivity index (χ4n) is 1.21. The van der Waals surface area contributed by atoms with Gasteiger partial charge in [0.1, 0.15) is 5.52 Å². The Hall–Kier alpha value is -1.13. The first kappa shape index (κ1) is 8.47. The fourth-order valence-corrected chi connectivity index (χ4v) is 1.41. The van der Waals surface area contributed by atoms with Gasteiger partial charge in [0.25, 0.3) is 0 Å². The summed E-state index contributed by atoms with van der Waals surface area (Å²) < 4.78 is 4.99. The van der Waals surface area contributed by atoms with Crippen LogP contribution in [0.25, 0.3) is 10.9 Å². The molecule has 0 unspecified atom stereocenters. The summed E-state index contributed by atoms with van der Waals surface area (Å²) in [6.45, 7) is 0.473. The van der Waals surface area contributed by atoms with Gasteiger partial charge in [-0.1, -0.05) is 11.6 Å². The van der Waals surface area contributed by atoms with Gasteiger partial charge in [0.2, 0.25) is 0 Å². The van der Waals surface area contributed by atoms with Crippen LogP contribution in [0.4, 0.5) is 0 Å². The zero-order valence-electron chi connectivity index (χ0n) is 7.04. The molecule has 0 atom stereocenters. The van der Waals surface area contributed by atoms with Gasteiger partial charge in [-0.3, -0.25) is 5.10 Å². The maximum atomic E-state index is 5.85. The van der Waals surface area contributed by atoms with Crippen molar-refractivity contribution in [3.63, 3.8) is 0 Å². The van der Waals surface area contributed by atoms with Crippen LogP contribution in [0.2, 0.25) is 5.15 Å². The lowest BCUT2D eigenvalue weighted by atomic mass is 10.2. The van der Waals surface area contributed by atoms with Crippen molar-refractivity contribution in [1.29, 1.82) is 0 Å². The highest BCUT2D eigenvalue weighted by atomic mass is 35.5. The standard InChI is InChI=1S/C8H8ClN3O/c1-13-4-6-5-2-3-10-8(9)7(5)12-11-6/h2-3H,4H2,1H3,(H,11,12). The second-order valence-electron chi connectivity index (χ2n) is 2.63. The van der Waals surface area contributed by atoms with Crippen molar-refractivity contribution in [3.05, 3.63) is 23.1 Å². The summed E-state index contributed by atoms with van der Waals surface area (Å²) in [5.74, 6) is 0. The lowest BCUT2D eigenvalue weighted by molar-refractivity contribution is 0.182. The molecule has 0 fully saturated rings. The van der Waals surface area contributed by atoms with Gasteiger partial charge in [0.05, 0.1) is 12.3 Å². The molecule has 0 saturated carbocycles. The molecular weight excluding hydrogens is 190 g/mol. The molecule has 0 spiro atoms. The normalized spacial score (nSPS) is 10.9. The third kappa shape index (κ3) is 1.38. The van der Waals surface area contributed by atoms with E-state index in [9.17, 15) is 0 Å². The number of pyridine rings is 1. The van der Waals surface area contributed by atoms with E-state index in [0.29, 0.717) is 11.8 Å². The number of nitrogens with one attached hydrogen (secondary N) is 1. The molecule has 2 aromatic heterocycles. The lowest BCUT2D eigenvalue weighted by Crippen LogP contribution is -1.87. The lowest BCUT2D eigenvalue weighted by Gasteiger charge is -1.94. The molecule has 5 heteroatoms. The first-order valence-electron chi connectivity index (χ1n) is 3.79. The molecule has 0 aliphatic heterocycles. The van der Waals surface area contributed by atoms with Crippen LogP contribution < -0.4 is 0 Å². The second kappa shape index (κ2) is 3.32. The molecule has 2 rings (SSSR count). The molecule has 0 aliphatic rings. The summed E-state index contributed by atoms with van der Waals surface area (Å²) in [5, 5.41) is 8.29.